The van der Waals surface area contributed by atoms with Gasteiger partial charge in [0.05, 0.1) is 11.3 Å². The number of nitrogens with zero attached hydrogens (tertiary/aromatic N) is 1. The first-order valence-corrected chi connectivity index (χ1v) is 8.52. The molecule has 1 amide bonds. The minimum absolute atomic E-state index is 0.0573. The highest BCUT2D eigenvalue weighted by molar-refractivity contribution is 9.10. The number of hydrogen-bond acceptors (Lipinski definition) is 4. The van der Waals surface area contributed by atoms with E-state index in [4.69, 9.17) is 10.6 Å². The van der Waals surface area contributed by atoms with Crippen molar-refractivity contribution in [3.05, 3.63) is 87.9 Å². The van der Waals surface area contributed by atoms with Crippen LogP contribution in [0, 0.1) is 5.82 Å². The van der Waals surface area contributed by atoms with Gasteiger partial charge in [-0.1, -0.05) is 22.0 Å². The largest absolute Gasteiger partial charge is 0.396 e. The van der Waals surface area contributed by atoms with Crippen LogP contribution in [-0.4, -0.2) is 10.9 Å². The number of pyridine rings is 1. The maximum atomic E-state index is 14.5. The molecule has 0 unspecified atom stereocenters. The van der Waals surface area contributed by atoms with Crippen molar-refractivity contribution in [2.24, 2.45) is 0 Å². The average molecular weight is 416 g/mol. The third-order valence-corrected chi connectivity index (χ3v) is 4.26. The van der Waals surface area contributed by atoms with E-state index in [1.54, 1.807) is 42.7 Å². The number of rotatable bonds is 5. The zero-order valence-corrected chi connectivity index (χ0v) is 15.2. The zero-order valence-electron chi connectivity index (χ0n) is 13.6. The molecule has 0 saturated heterocycles. The van der Waals surface area contributed by atoms with Crippen LogP contribution >= 0.6 is 15.9 Å². The summed E-state index contributed by atoms with van der Waals surface area (Å²) in [6, 6.07) is 13.5. The lowest BCUT2D eigenvalue weighted by molar-refractivity contribution is 0.0755. The Morgan fingerprint density at radius 3 is 2.50 bits per heavy atom. The summed E-state index contributed by atoms with van der Waals surface area (Å²) in [6.07, 6.45) is 3.76. The van der Waals surface area contributed by atoms with Gasteiger partial charge in [-0.05, 0) is 60.0 Å². The minimum atomic E-state index is -0.770. The molecule has 132 valence electrons. The summed E-state index contributed by atoms with van der Waals surface area (Å²) in [5.74, 6) is -1.06. The Balaban J connectivity index is 1.72. The molecule has 0 atom stereocenters. The number of nitrogens with two attached hydrogens (primary N) is 1. The quantitative estimate of drug-likeness (QED) is 0.489. The molecule has 0 fully saturated rings. The van der Waals surface area contributed by atoms with Gasteiger partial charge < -0.3 is 10.6 Å². The van der Waals surface area contributed by atoms with Crippen LogP contribution < -0.4 is 16.1 Å². The molecule has 1 aromatic heterocycles. The summed E-state index contributed by atoms with van der Waals surface area (Å²) in [4.78, 5) is 21.3. The molecule has 3 N–H and O–H groups in total. The highest BCUT2D eigenvalue weighted by Gasteiger charge is 2.17. The number of nitrogen functional groups attached to an aromatic ring is 1. The molecular formula is C19H15BrFN3O2. The van der Waals surface area contributed by atoms with Gasteiger partial charge in [0.2, 0.25) is 0 Å². The molecule has 0 radical (unpaired) electrons. The monoisotopic (exact) mass is 415 g/mol. The molecule has 0 aliphatic carbocycles. The predicted octanol–water partition coefficient (Wildman–Crippen LogP) is 3.88. The van der Waals surface area contributed by atoms with Crippen molar-refractivity contribution in [1.82, 2.24) is 10.5 Å². The van der Waals surface area contributed by atoms with Crippen molar-refractivity contribution in [3.8, 4) is 5.75 Å². The molecular weight excluding hydrogens is 401 g/mol. The summed E-state index contributed by atoms with van der Waals surface area (Å²) >= 11 is 3.30. The first-order chi connectivity index (χ1) is 12.5. The number of benzene rings is 2. The van der Waals surface area contributed by atoms with E-state index in [1.165, 1.54) is 6.07 Å². The second-order valence-corrected chi connectivity index (χ2v) is 6.43. The number of halogens is 2. The molecule has 7 heteroatoms. The van der Waals surface area contributed by atoms with Crippen LogP contribution in [0.25, 0.3) is 0 Å². The fraction of sp³-hybridized carbons (Fsp3) is 0.0526. The molecule has 3 rings (SSSR count). The maximum absolute atomic E-state index is 14.5. The van der Waals surface area contributed by atoms with Crippen LogP contribution in [0.5, 0.6) is 5.75 Å². The lowest BCUT2D eigenvalue weighted by Crippen LogP contribution is -2.28. The standard InChI is InChI=1S/C19H15BrFN3O2/c20-14-2-4-15(5-3-14)26-24-19(25)16-6-1-13(18(22)17(16)21)11-12-7-9-23-10-8-12/h1-10H,11,22H2,(H,24,25). The van der Waals surface area contributed by atoms with Crippen LogP contribution in [0.15, 0.2) is 65.4 Å². The van der Waals surface area contributed by atoms with E-state index in [0.29, 0.717) is 17.7 Å². The molecule has 5 nitrogen and oxygen atoms in total. The lowest BCUT2D eigenvalue weighted by Gasteiger charge is -2.11. The Labute approximate surface area is 158 Å². The maximum Gasteiger partial charge on any atom is 0.286 e. The van der Waals surface area contributed by atoms with Gasteiger partial charge in [0.1, 0.15) is 0 Å². The van der Waals surface area contributed by atoms with Gasteiger partial charge in [-0.2, -0.15) is 5.48 Å². The van der Waals surface area contributed by atoms with Crippen molar-refractivity contribution >= 4 is 27.5 Å². The number of carbonyl (C=O) groups is 1. The molecule has 0 aliphatic rings. The first kappa shape index (κ1) is 17.9. The van der Waals surface area contributed by atoms with Crippen molar-refractivity contribution in [2.75, 3.05) is 5.73 Å². The molecule has 2 aromatic carbocycles. The van der Waals surface area contributed by atoms with Gasteiger partial charge >= 0.3 is 0 Å². The van der Waals surface area contributed by atoms with Crippen molar-refractivity contribution in [3.63, 3.8) is 0 Å². The van der Waals surface area contributed by atoms with Gasteiger partial charge in [-0.15, -0.1) is 0 Å². The molecule has 0 aliphatic heterocycles. The Hall–Kier alpha value is -2.93. The van der Waals surface area contributed by atoms with Crippen molar-refractivity contribution in [2.45, 2.75) is 6.42 Å². The Morgan fingerprint density at radius 2 is 1.81 bits per heavy atom. The van der Waals surface area contributed by atoms with Crippen LogP contribution in [0.2, 0.25) is 0 Å². The van der Waals surface area contributed by atoms with Crippen molar-refractivity contribution in [1.29, 1.82) is 0 Å². The fourth-order valence-electron chi connectivity index (χ4n) is 2.35. The Kier molecular flexibility index (Phi) is 5.48. The summed E-state index contributed by atoms with van der Waals surface area (Å²) in [5, 5.41) is 0. The number of aromatic nitrogens is 1. The number of nitrogens with one attached hydrogen (secondary N) is 1. The van der Waals surface area contributed by atoms with Gasteiger partial charge in [-0.25, -0.2) is 4.39 Å². The van der Waals surface area contributed by atoms with Crippen LogP contribution in [0.1, 0.15) is 21.5 Å². The van der Waals surface area contributed by atoms with E-state index in [2.05, 4.69) is 26.4 Å². The molecule has 1 heterocycles. The normalized spacial score (nSPS) is 10.4. The summed E-state index contributed by atoms with van der Waals surface area (Å²) in [6.45, 7) is 0. The van der Waals surface area contributed by atoms with E-state index < -0.39 is 11.7 Å². The van der Waals surface area contributed by atoms with Crippen LogP contribution in [0.3, 0.4) is 0 Å². The third kappa shape index (κ3) is 4.18. The topological polar surface area (TPSA) is 77.2 Å². The number of carbonyl (C=O) groups excluding carboxylic acids is 1. The molecule has 0 spiro atoms. The highest BCUT2D eigenvalue weighted by atomic mass is 79.9. The summed E-state index contributed by atoms with van der Waals surface area (Å²) in [7, 11) is 0. The van der Waals surface area contributed by atoms with Crippen LogP contribution in [-0.2, 0) is 6.42 Å². The van der Waals surface area contributed by atoms with Gasteiger partial charge in [0, 0.05) is 16.9 Å². The minimum Gasteiger partial charge on any atom is -0.396 e. The van der Waals surface area contributed by atoms with E-state index in [9.17, 15) is 9.18 Å². The molecule has 26 heavy (non-hydrogen) atoms. The number of hydrogen-bond donors (Lipinski definition) is 2. The highest BCUT2D eigenvalue weighted by Crippen LogP contribution is 2.23. The van der Waals surface area contributed by atoms with Crippen LogP contribution in [0.4, 0.5) is 10.1 Å². The van der Waals surface area contributed by atoms with Crippen molar-refractivity contribution < 1.29 is 14.0 Å². The lowest BCUT2D eigenvalue weighted by atomic mass is 10.0. The predicted molar refractivity (Wildman–Crippen MR) is 100 cm³/mol. The van der Waals surface area contributed by atoms with Gasteiger partial charge in [0.25, 0.3) is 5.91 Å². The molecule has 3 aromatic rings. The fourth-order valence-corrected chi connectivity index (χ4v) is 2.61. The van der Waals surface area contributed by atoms with E-state index in [1.807, 2.05) is 12.1 Å². The number of amides is 1. The van der Waals surface area contributed by atoms with E-state index in [0.717, 1.165) is 10.0 Å². The Bertz CT molecular complexity index is 918. The second kappa shape index (κ2) is 7.97. The molecule has 0 bridgehead atoms. The Morgan fingerprint density at radius 1 is 1.12 bits per heavy atom. The van der Waals surface area contributed by atoms with E-state index in [-0.39, 0.29) is 11.3 Å². The smallest absolute Gasteiger partial charge is 0.286 e. The number of anilines is 1. The van der Waals surface area contributed by atoms with E-state index >= 15 is 0 Å². The zero-order chi connectivity index (χ0) is 18.5. The van der Waals surface area contributed by atoms with Gasteiger partial charge in [0.15, 0.2) is 11.6 Å². The summed E-state index contributed by atoms with van der Waals surface area (Å²) < 4.78 is 15.4. The van der Waals surface area contributed by atoms with Gasteiger partial charge in [-0.3, -0.25) is 9.78 Å². The molecule has 0 saturated carbocycles. The average Bonchev–Trinajstić information content (AvgIpc) is 2.66. The first-order valence-electron chi connectivity index (χ1n) is 7.73. The number of hydroxylamine groups is 1. The SMILES string of the molecule is Nc1c(Cc2ccncc2)ccc(C(=O)NOc2ccc(Br)cc2)c1F. The third-order valence-electron chi connectivity index (χ3n) is 3.73. The second-order valence-electron chi connectivity index (χ2n) is 5.52. The summed E-state index contributed by atoms with van der Waals surface area (Å²) in [5.41, 5.74) is 9.39.